The summed E-state index contributed by atoms with van der Waals surface area (Å²) in [7, 11) is 0. The third-order valence-electron chi connectivity index (χ3n) is 6.90. The minimum Gasteiger partial charge on any atom is -0.331 e. The summed E-state index contributed by atoms with van der Waals surface area (Å²) in [5.74, 6) is -0.0697. The molecule has 0 fully saturated rings. The molecule has 4 aromatic rings. The van der Waals surface area contributed by atoms with E-state index in [4.69, 9.17) is 4.98 Å². The second kappa shape index (κ2) is 8.03. The van der Waals surface area contributed by atoms with Gasteiger partial charge in [-0.1, -0.05) is 43.2 Å². The minimum atomic E-state index is -0.0887. The maximum absolute atomic E-state index is 13.4. The first kappa shape index (κ1) is 20.0. The molecule has 1 aliphatic heterocycles. The SMILES string of the molecule is O=C(c1n[nH]c2c1CCCCCC2)N1CCc2c(nc3cc(-c4ccccc4)[nH]n3c2=O)C1. The molecule has 8 heteroatoms. The fraction of sp³-hybridized carbons (Fsp3) is 0.360. The lowest BCUT2D eigenvalue weighted by molar-refractivity contribution is 0.0724. The van der Waals surface area contributed by atoms with Crippen molar-refractivity contribution in [2.24, 2.45) is 0 Å². The van der Waals surface area contributed by atoms with Crippen molar-refractivity contribution in [2.75, 3.05) is 6.54 Å². The number of aryl methyl sites for hydroxylation is 1. The van der Waals surface area contributed by atoms with Crippen LogP contribution in [0.4, 0.5) is 0 Å². The first-order chi connectivity index (χ1) is 16.2. The average Bonchev–Trinajstić information content (AvgIpc) is 3.43. The Balaban J connectivity index is 1.32. The van der Waals surface area contributed by atoms with Crippen molar-refractivity contribution < 1.29 is 4.79 Å². The van der Waals surface area contributed by atoms with Gasteiger partial charge < -0.3 is 4.90 Å². The Kier molecular flexibility index (Phi) is 4.86. The topological polar surface area (TPSA) is 99.2 Å². The molecule has 8 nitrogen and oxygen atoms in total. The number of H-pyrrole nitrogens is 2. The molecule has 4 heterocycles. The van der Waals surface area contributed by atoms with Crippen LogP contribution in [0, 0.1) is 0 Å². The van der Waals surface area contributed by atoms with Crippen LogP contribution in [0.1, 0.15) is 58.7 Å². The highest BCUT2D eigenvalue weighted by atomic mass is 16.2. The summed E-state index contributed by atoms with van der Waals surface area (Å²) in [6.07, 6.45) is 6.97. The first-order valence-corrected chi connectivity index (χ1v) is 11.7. The Labute approximate surface area is 190 Å². The molecule has 2 N–H and O–H groups in total. The van der Waals surface area contributed by atoms with Gasteiger partial charge in [0, 0.05) is 29.4 Å². The van der Waals surface area contributed by atoms with E-state index >= 15 is 0 Å². The number of hydrogen-bond acceptors (Lipinski definition) is 4. The van der Waals surface area contributed by atoms with Crippen LogP contribution in [0.25, 0.3) is 16.9 Å². The number of amides is 1. The lowest BCUT2D eigenvalue weighted by atomic mass is 9.96. The van der Waals surface area contributed by atoms with Gasteiger partial charge in [0.1, 0.15) is 0 Å². The van der Waals surface area contributed by atoms with E-state index in [9.17, 15) is 9.59 Å². The molecule has 1 amide bonds. The summed E-state index contributed by atoms with van der Waals surface area (Å²) in [5.41, 5.74) is 6.39. The molecule has 33 heavy (non-hydrogen) atoms. The molecule has 3 aromatic heterocycles. The van der Waals surface area contributed by atoms with Gasteiger partial charge in [-0.2, -0.15) is 5.10 Å². The van der Waals surface area contributed by atoms with Gasteiger partial charge in [-0.3, -0.25) is 19.8 Å². The Morgan fingerprint density at radius 2 is 1.79 bits per heavy atom. The molecule has 0 atom stereocenters. The average molecular weight is 443 g/mol. The highest BCUT2D eigenvalue weighted by Gasteiger charge is 2.29. The fourth-order valence-electron chi connectivity index (χ4n) is 5.09. The molecule has 2 aliphatic rings. The smallest absolute Gasteiger partial charge is 0.276 e. The summed E-state index contributed by atoms with van der Waals surface area (Å²) < 4.78 is 1.51. The molecule has 168 valence electrons. The van der Waals surface area contributed by atoms with Crippen LogP contribution < -0.4 is 5.56 Å². The number of benzene rings is 1. The Morgan fingerprint density at radius 1 is 0.970 bits per heavy atom. The van der Waals surface area contributed by atoms with Gasteiger partial charge >= 0.3 is 0 Å². The summed E-state index contributed by atoms with van der Waals surface area (Å²) in [5, 5.41) is 10.7. The maximum atomic E-state index is 13.4. The number of nitrogens with zero attached hydrogens (tertiary/aromatic N) is 4. The lowest BCUT2D eigenvalue weighted by Gasteiger charge is -2.27. The monoisotopic (exact) mass is 442 g/mol. The number of fused-ring (bicyclic) bond motifs is 3. The van der Waals surface area contributed by atoms with Crippen LogP contribution in [-0.4, -0.2) is 42.1 Å². The van der Waals surface area contributed by atoms with Gasteiger partial charge in [-0.05, 0) is 37.7 Å². The molecule has 1 aliphatic carbocycles. The van der Waals surface area contributed by atoms with Crippen molar-refractivity contribution >= 4 is 11.6 Å². The van der Waals surface area contributed by atoms with Crippen molar-refractivity contribution in [3.8, 4) is 11.3 Å². The quantitative estimate of drug-likeness (QED) is 0.498. The zero-order chi connectivity index (χ0) is 22.4. The molecule has 0 saturated heterocycles. The molecule has 0 bridgehead atoms. The zero-order valence-electron chi connectivity index (χ0n) is 18.4. The first-order valence-electron chi connectivity index (χ1n) is 11.7. The summed E-state index contributed by atoms with van der Waals surface area (Å²) in [6, 6.07) is 11.7. The number of nitrogens with one attached hydrogen (secondary N) is 2. The molecule has 1 aromatic carbocycles. The number of carbonyl (C=O) groups is 1. The van der Waals surface area contributed by atoms with Crippen LogP contribution in [0.15, 0.2) is 41.2 Å². The second-order valence-electron chi connectivity index (χ2n) is 8.99. The van der Waals surface area contributed by atoms with Gasteiger partial charge in [0.05, 0.1) is 17.9 Å². The largest absolute Gasteiger partial charge is 0.331 e. The van der Waals surface area contributed by atoms with Crippen molar-refractivity contribution in [1.82, 2.24) is 29.7 Å². The standard InChI is InChI=1S/C25H26N6O2/c32-24-18-12-13-30(25(33)23-17-10-6-1-2-7-11-19(17)27-28-23)15-21(18)26-22-14-20(29-31(22)24)16-8-4-3-5-9-16/h3-5,8-9,14,29H,1-2,6-7,10-13,15H2,(H,27,28). The lowest BCUT2D eigenvalue weighted by Crippen LogP contribution is -2.40. The van der Waals surface area contributed by atoms with Crippen LogP contribution in [0.2, 0.25) is 0 Å². The van der Waals surface area contributed by atoms with E-state index in [0.717, 1.165) is 48.2 Å². The van der Waals surface area contributed by atoms with Gasteiger partial charge in [-0.25, -0.2) is 9.50 Å². The predicted octanol–water partition coefficient (Wildman–Crippen LogP) is 3.27. The summed E-state index contributed by atoms with van der Waals surface area (Å²) in [4.78, 5) is 33.1. The Hall–Kier alpha value is -3.68. The number of rotatable bonds is 2. The van der Waals surface area contributed by atoms with Crippen LogP contribution in [0.5, 0.6) is 0 Å². The normalized spacial score (nSPS) is 16.2. The van der Waals surface area contributed by atoms with E-state index in [1.54, 1.807) is 4.90 Å². The van der Waals surface area contributed by atoms with Gasteiger partial charge in [0.15, 0.2) is 11.3 Å². The Morgan fingerprint density at radius 3 is 2.64 bits per heavy atom. The third kappa shape index (κ3) is 3.46. The molecule has 0 spiro atoms. The molecular weight excluding hydrogens is 416 g/mol. The van der Waals surface area contributed by atoms with Crippen molar-refractivity contribution in [2.45, 2.75) is 51.5 Å². The molecule has 6 rings (SSSR count). The van der Waals surface area contributed by atoms with Gasteiger partial charge in [0.25, 0.3) is 11.5 Å². The van der Waals surface area contributed by atoms with Crippen molar-refractivity contribution in [1.29, 1.82) is 0 Å². The number of aromatic amines is 2. The van der Waals surface area contributed by atoms with Crippen molar-refractivity contribution in [3.63, 3.8) is 0 Å². The van der Waals surface area contributed by atoms with Crippen LogP contribution >= 0.6 is 0 Å². The minimum absolute atomic E-state index is 0.0697. The molecular formula is C25H26N6O2. The number of hydrogen-bond donors (Lipinski definition) is 2. The summed E-state index contributed by atoms with van der Waals surface area (Å²) >= 11 is 0. The van der Waals surface area contributed by atoms with E-state index in [2.05, 4.69) is 15.3 Å². The third-order valence-corrected chi connectivity index (χ3v) is 6.90. The molecule has 0 unspecified atom stereocenters. The second-order valence-corrected chi connectivity index (χ2v) is 8.99. The number of aromatic nitrogens is 5. The summed E-state index contributed by atoms with van der Waals surface area (Å²) in [6.45, 7) is 0.816. The zero-order valence-corrected chi connectivity index (χ0v) is 18.4. The van der Waals surface area contributed by atoms with Crippen LogP contribution in [-0.2, 0) is 25.8 Å². The highest BCUT2D eigenvalue weighted by Crippen LogP contribution is 2.25. The maximum Gasteiger partial charge on any atom is 0.276 e. The highest BCUT2D eigenvalue weighted by molar-refractivity contribution is 5.94. The van der Waals surface area contributed by atoms with Crippen molar-refractivity contribution in [3.05, 3.63) is 75.0 Å². The van der Waals surface area contributed by atoms with Crippen LogP contribution in [0.3, 0.4) is 0 Å². The predicted molar refractivity (Wildman–Crippen MR) is 124 cm³/mol. The van der Waals surface area contributed by atoms with E-state index in [1.165, 1.54) is 17.4 Å². The number of carbonyl (C=O) groups excluding carboxylic acids is 1. The van der Waals surface area contributed by atoms with E-state index < -0.39 is 0 Å². The van der Waals surface area contributed by atoms with Gasteiger partial charge in [0.2, 0.25) is 0 Å². The molecule has 0 saturated carbocycles. The molecule has 0 radical (unpaired) electrons. The Bertz CT molecular complexity index is 1400. The van der Waals surface area contributed by atoms with Gasteiger partial charge in [-0.15, -0.1) is 0 Å². The fourth-order valence-corrected chi connectivity index (χ4v) is 5.09. The van der Waals surface area contributed by atoms with E-state index in [0.29, 0.717) is 42.1 Å². The van der Waals surface area contributed by atoms with E-state index in [1.807, 2.05) is 36.4 Å². The van der Waals surface area contributed by atoms with E-state index in [-0.39, 0.29) is 11.5 Å².